The molecule has 40 heavy (non-hydrogen) atoms. The van der Waals surface area contributed by atoms with Gasteiger partial charge in [0.1, 0.15) is 19.3 Å². The van der Waals surface area contributed by atoms with E-state index in [1.165, 1.54) is 10.8 Å². The minimum atomic E-state index is 0.566. The van der Waals surface area contributed by atoms with Crippen LogP contribution in [0.1, 0.15) is 0 Å². The molecule has 0 unspecified atom stereocenters. The summed E-state index contributed by atoms with van der Waals surface area (Å²) in [6.45, 7) is 0. The molecule has 0 aliphatic rings. The molecule has 4 heteroatoms. The third-order valence-corrected chi connectivity index (χ3v) is 7.70. The first-order chi connectivity index (χ1) is 19.7. The molecule has 1 aromatic heterocycles. The summed E-state index contributed by atoms with van der Waals surface area (Å²) < 4.78 is 8.68. The Hall–Kier alpha value is -4.67. The number of hydrogen-bond donors (Lipinski definition) is 1. The van der Waals surface area contributed by atoms with Crippen molar-refractivity contribution in [2.75, 3.05) is 0 Å². The molecule has 7 aromatic rings. The summed E-state index contributed by atoms with van der Waals surface area (Å²) in [5.41, 5.74) is 7.84. The van der Waals surface area contributed by atoms with Crippen LogP contribution in [-0.2, 0) is 0 Å². The summed E-state index contributed by atoms with van der Waals surface area (Å²) in [5, 5.41) is 2.40. The molecular weight excluding hydrogens is 505 g/mol. The van der Waals surface area contributed by atoms with Gasteiger partial charge in [-0.2, -0.15) is 0 Å². The number of benzene rings is 6. The Bertz CT molecular complexity index is 1940. The van der Waals surface area contributed by atoms with Crippen molar-refractivity contribution in [3.05, 3.63) is 140 Å². The highest BCUT2D eigenvalue weighted by Crippen LogP contribution is 2.37. The van der Waals surface area contributed by atoms with Gasteiger partial charge in [-0.1, -0.05) is 97.1 Å². The number of para-hydroxylation sites is 3. The van der Waals surface area contributed by atoms with Gasteiger partial charge in [0.05, 0.1) is 16.7 Å². The number of hydrogen-bond acceptors (Lipinski definition) is 2. The second-order valence-corrected chi connectivity index (χ2v) is 10.3. The normalized spacial score (nSPS) is 11.2. The zero-order chi connectivity index (χ0) is 27.1. The Kier molecular flexibility index (Phi) is 6.18. The average molecular weight is 529 g/mol. The third kappa shape index (κ3) is 4.27. The molecule has 0 atom stereocenters. The molecule has 0 fully saturated rings. The van der Waals surface area contributed by atoms with E-state index in [1.807, 2.05) is 54.6 Å². The molecule has 0 saturated heterocycles. The van der Waals surface area contributed by atoms with Crippen LogP contribution in [0.3, 0.4) is 0 Å². The van der Waals surface area contributed by atoms with Crippen molar-refractivity contribution in [2.45, 2.75) is 4.90 Å². The number of ether oxygens (including phenoxy) is 1. The number of rotatable bonds is 5. The zero-order valence-corrected chi connectivity index (χ0v) is 22.6. The van der Waals surface area contributed by atoms with E-state index in [9.17, 15) is 0 Å². The van der Waals surface area contributed by atoms with Gasteiger partial charge >= 0.3 is 0 Å². The van der Waals surface area contributed by atoms with Gasteiger partial charge in [0.2, 0.25) is 0 Å². The smallest absolute Gasteiger partial charge is 0.127 e. The summed E-state index contributed by atoms with van der Waals surface area (Å²) >= 11 is 4.93. The van der Waals surface area contributed by atoms with Gasteiger partial charge in [0.15, 0.2) is 0 Å². The fourth-order valence-corrected chi connectivity index (χ4v) is 5.77. The van der Waals surface area contributed by atoms with E-state index in [2.05, 4.69) is 89.5 Å². The zero-order valence-electron chi connectivity index (χ0n) is 21.7. The summed E-state index contributed by atoms with van der Waals surface area (Å²) in [4.78, 5) is 0.845. The van der Waals surface area contributed by atoms with E-state index >= 15 is 0 Å². The van der Waals surface area contributed by atoms with Crippen molar-refractivity contribution < 1.29 is 4.74 Å². The van der Waals surface area contributed by atoms with Gasteiger partial charge in [-0.25, -0.2) is 0 Å². The molecule has 0 N–H and O–H groups in total. The van der Waals surface area contributed by atoms with Crippen LogP contribution >= 0.6 is 12.6 Å². The van der Waals surface area contributed by atoms with Crippen LogP contribution in [0, 0.1) is 0 Å². The minimum Gasteiger partial charge on any atom is -0.458 e. The van der Waals surface area contributed by atoms with Gasteiger partial charge in [0, 0.05) is 21.7 Å². The lowest BCUT2D eigenvalue weighted by atomic mass is 9.85. The summed E-state index contributed by atoms with van der Waals surface area (Å²) in [5.74, 6) is 1.32. The number of nitrogens with zero attached hydrogens (tertiary/aromatic N) is 1. The van der Waals surface area contributed by atoms with Crippen LogP contribution in [0.2, 0.25) is 0 Å². The highest BCUT2D eigenvalue weighted by atomic mass is 32.1. The first-order valence-electron chi connectivity index (χ1n) is 13.2. The Labute approximate surface area is 240 Å². The second kappa shape index (κ2) is 10.1. The van der Waals surface area contributed by atoms with Crippen LogP contribution in [0.15, 0.2) is 144 Å². The Balaban J connectivity index is 1.47. The molecule has 6 aromatic carbocycles. The van der Waals surface area contributed by atoms with E-state index in [4.69, 9.17) is 25.2 Å². The number of aromatic nitrogens is 1. The summed E-state index contributed by atoms with van der Waals surface area (Å²) in [7, 11) is 6.86. The standard InChI is InChI=1S/C36H24BNOS/c37-36-31(30-20-19-25(21-35(30)40)24-11-3-1-4-12-24)22-26(23-34(36)39-27-13-5-2-6-14-27)38-32-17-9-7-15-28(32)29-16-8-10-18-33(29)38/h1-23,40H. The largest absolute Gasteiger partial charge is 0.458 e. The molecule has 2 radical (unpaired) electrons. The highest BCUT2D eigenvalue weighted by Gasteiger charge is 2.18. The number of fused-ring (bicyclic) bond motifs is 3. The van der Waals surface area contributed by atoms with Gasteiger partial charge in [0.25, 0.3) is 0 Å². The fraction of sp³-hybridized carbons (Fsp3) is 0. The van der Waals surface area contributed by atoms with E-state index in [1.54, 1.807) is 0 Å². The monoisotopic (exact) mass is 529 g/mol. The summed E-state index contributed by atoms with van der Waals surface area (Å²) in [6, 6.07) is 47.5. The third-order valence-electron chi connectivity index (χ3n) is 7.33. The van der Waals surface area contributed by atoms with E-state index in [0.29, 0.717) is 11.2 Å². The SMILES string of the molecule is [B]c1c(Oc2ccccc2)cc(-n2c3ccccc3c3ccccc32)cc1-c1ccc(-c2ccccc2)cc1S. The molecule has 0 bridgehead atoms. The fourth-order valence-electron chi connectivity index (χ4n) is 5.43. The van der Waals surface area contributed by atoms with Crippen LogP contribution in [-0.4, -0.2) is 12.4 Å². The Morgan fingerprint density at radius 3 is 1.80 bits per heavy atom. The van der Waals surface area contributed by atoms with Crippen molar-refractivity contribution in [3.63, 3.8) is 0 Å². The van der Waals surface area contributed by atoms with E-state index in [0.717, 1.165) is 49.6 Å². The minimum absolute atomic E-state index is 0.566. The first-order valence-corrected chi connectivity index (χ1v) is 13.7. The maximum atomic E-state index is 6.86. The van der Waals surface area contributed by atoms with Gasteiger partial charge in [-0.05, 0) is 64.1 Å². The molecule has 0 aliphatic heterocycles. The van der Waals surface area contributed by atoms with Crippen molar-refractivity contribution in [3.8, 4) is 39.4 Å². The predicted molar refractivity (Wildman–Crippen MR) is 171 cm³/mol. The van der Waals surface area contributed by atoms with Crippen molar-refractivity contribution >= 4 is 47.7 Å². The van der Waals surface area contributed by atoms with E-state index in [-0.39, 0.29) is 0 Å². The lowest BCUT2D eigenvalue weighted by Gasteiger charge is -2.19. The average Bonchev–Trinajstić information content (AvgIpc) is 3.34. The molecule has 188 valence electrons. The number of thiol groups is 1. The highest BCUT2D eigenvalue weighted by molar-refractivity contribution is 7.80. The van der Waals surface area contributed by atoms with Crippen molar-refractivity contribution in [2.24, 2.45) is 0 Å². The van der Waals surface area contributed by atoms with E-state index < -0.39 is 0 Å². The topological polar surface area (TPSA) is 14.2 Å². The Morgan fingerprint density at radius 2 is 1.15 bits per heavy atom. The molecule has 0 saturated carbocycles. The second-order valence-electron chi connectivity index (χ2n) is 9.79. The first kappa shape index (κ1) is 24.4. The van der Waals surface area contributed by atoms with Crippen LogP contribution in [0.5, 0.6) is 11.5 Å². The summed E-state index contributed by atoms with van der Waals surface area (Å²) in [6.07, 6.45) is 0. The van der Waals surface area contributed by atoms with Crippen molar-refractivity contribution in [1.29, 1.82) is 0 Å². The molecule has 0 amide bonds. The Morgan fingerprint density at radius 1 is 0.550 bits per heavy atom. The maximum absolute atomic E-state index is 6.86. The molecule has 0 spiro atoms. The maximum Gasteiger partial charge on any atom is 0.127 e. The lowest BCUT2D eigenvalue weighted by molar-refractivity contribution is 0.486. The van der Waals surface area contributed by atoms with Crippen LogP contribution in [0.4, 0.5) is 0 Å². The van der Waals surface area contributed by atoms with Gasteiger partial charge in [-0.3, -0.25) is 0 Å². The van der Waals surface area contributed by atoms with Gasteiger partial charge < -0.3 is 9.30 Å². The predicted octanol–water partition coefficient (Wildman–Crippen LogP) is 8.99. The molecule has 1 heterocycles. The molecular formula is C36H24BNOS. The lowest BCUT2D eigenvalue weighted by Crippen LogP contribution is -2.13. The van der Waals surface area contributed by atoms with Crippen LogP contribution in [0.25, 0.3) is 49.7 Å². The van der Waals surface area contributed by atoms with Crippen molar-refractivity contribution in [1.82, 2.24) is 4.57 Å². The molecule has 2 nitrogen and oxygen atoms in total. The quantitative estimate of drug-likeness (QED) is 0.174. The van der Waals surface area contributed by atoms with Gasteiger partial charge in [-0.15, -0.1) is 12.6 Å². The molecule has 0 aliphatic carbocycles. The molecule has 7 rings (SSSR count). The van der Waals surface area contributed by atoms with Crippen LogP contribution < -0.4 is 10.2 Å².